The van der Waals surface area contributed by atoms with Crippen LogP contribution in [0.15, 0.2) is 54.6 Å². The van der Waals surface area contributed by atoms with Gasteiger partial charge in [-0.25, -0.2) is 13.8 Å². The molecule has 2 aliphatic rings. The third kappa shape index (κ3) is 5.81. The number of rotatable bonds is 8. The summed E-state index contributed by atoms with van der Waals surface area (Å²) in [5.74, 6) is -1.66. The van der Waals surface area contributed by atoms with Gasteiger partial charge < -0.3 is 14.4 Å². The lowest BCUT2D eigenvalue weighted by molar-refractivity contribution is -0.129. The molecule has 0 spiro atoms. The highest BCUT2D eigenvalue weighted by molar-refractivity contribution is 7.17. The summed E-state index contributed by atoms with van der Waals surface area (Å²) in [6, 6.07) is 7.99. The van der Waals surface area contributed by atoms with E-state index in [0.717, 1.165) is 51.6 Å². The van der Waals surface area contributed by atoms with Crippen LogP contribution in [0.4, 0.5) is 8.78 Å². The monoisotopic (exact) mass is 684 g/mol. The normalized spacial score (nSPS) is 19.2. The van der Waals surface area contributed by atoms with Crippen molar-refractivity contribution in [3.8, 4) is 39.5 Å². The number of aromatic nitrogens is 4. The van der Waals surface area contributed by atoms with E-state index >= 15 is 4.39 Å². The van der Waals surface area contributed by atoms with Crippen LogP contribution in [0.25, 0.3) is 43.9 Å². The van der Waals surface area contributed by atoms with Gasteiger partial charge in [0.2, 0.25) is 5.91 Å². The second kappa shape index (κ2) is 13.1. The van der Waals surface area contributed by atoms with Crippen LogP contribution in [0, 0.1) is 11.6 Å². The molecule has 7 rings (SSSR count). The van der Waals surface area contributed by atoms with Gasteiger partial charge in [-0.3, -0.25) is 19.4 Å². The first-order chi connectivity index (χ1) is 23.6. The summed E-state index contributed by atoms with van der Waals surface area (Å²) in [7, 11) is 3.64. The molecule has 9 nitrogen and oxygen atoms in total. The van der Waals surface area contributed by atoms with Crippen LogP contribution in [0.5, 0.6) is 5.75 Å². The number of carbonyl (C=O) groups is 1. The van der Waals surface area contributed by atoms with Crippen molar-refractivity contribution in [1.29, 1.82) is 0 Å². The summed E-state index contributed by atoms with van der Waals surface area (Å²) in [5, 5.41) is 7.71. The van der Waals surface area contributed by atoms with Gasteiger partial charge in [0.05, 0.1) is 40.3 Å². The summed E-state index contributed by atoms with van der Waals surface area (Å²) >= 11 is 1.49. The van der Waals surface area contributed by atoms with E-state index in [4.69, 9.17) is 24.5 Å². The average Bonchev–Trinajstić information content (AvgIpc) is 3.75. The van der Waals surface area contributed by atoms with Crippen LogP contribution < -0.4 is 4.74 Å². The number of ether oxygens (including phenoxy) is 2. The summed E-state index contributed by atoms with van der Waals surface area (Å²) in [5.41, 5.74) is 6.00. The Balaban J connectivity index is 1.49. The van der Waals surface area contributed by atoms with Crippen molar-refractivity contribution < 1.29 is 23.0 Å². The second-order valence-corrected chi connectivity index (χ2v) is 13.8. The van der Waals surface area contributed by atoms with Gasteiger partial charge in [0.15, 0.2) is 0 Å². The van der Waals surface area contributed by atoms with Crippen LogP contribution in [0.1, 0.15) is 49.8 Å². The van der Waals surface area contributed by atoms with Gasteiger partial charge in [-0.15, -0.1) is 11.3 Å². The molecule has 12 heteroatoms. The molecule has 4 aromatic heterocycles. The maximum Gasteiger partial charge on any atom is 0.246 e. The minimum atomic E-state index is -0.781. The number of thiophene rings is 1. The van der Waals surface area contributed by atoms with Crippen LogP contribution in [-0.2, 0) is 22.5 Å². The smallest absolute Gasteiger partial charge is 0.246 e. The fourth-order valence-corrected chi connectivity index (χ4v) is 7.84. The Kier molecular flexibility index (Phi) is 8.80. The molecule has 0 aliphatic carbocycles. The molecule has 0 fully saturated rings. The fourth-order valence-electron chi connectivity index (χ4n) is 6.93. The molecule has 0 unspecified atom stereocenters. The average molecular weight is 685 g/mol. The van der Waals surface area contributed by atoms with E-state index in [1.54, 1.807) is 4.90 Å². The summed E-state index contributed by atoms with van der Waals surface area (Å²) in [6.07, 6.45) is 4.04. The lowest BCUT2D eigenvalue weighted by Crippen LogP contribution is -2.42. The van der Waals surface area contributed by atoms with Gasteiger partial charge in [-0.2, -0.15) is 5.10 Å². The Bertz CT molecular complexity index is 2090. The Morgan fingerprint density at radius 3 is 2.69 bits per heavy atom. The zero-order valence-corrected chi connectivity index (χ0v) is 29.0. The van der Waals surface area contributed by atoms with Crippen molar-refractivity contribution in [3.63, 3.8) is 0 Å². The molecular formula is C37H38F2N6O3S. The molecule has 1 amide bonds. The number of hydrogen-bond donors (Lipinski definition) is 0. The predicted octanol–water partition coefficient (Wildman–Crippen LogP) is 7.22. The minimum Gasteiger partial charge on any atom is -0.490 e. The van der Waals surface area contributed by atoms with Crippen LogP contribution in [0.2, 0.25) is 0 Å². The second-order valence-electron chi connectivity index (χ2n) is 12.9. The molecule has 2 aliphatic heterocycles. The number of halogens is 2. The summed E-state index contributed by atoms with van der Waals surface area (Å²) in [6.45, 7) is 11.4. The Morgan fingerprint density at radius 2 is 1.92 bits per heavy atom. The quantitative estimate of drug-likeness (QED) is 0.126. The molecule has 1 aromatic carbocycles. The van der Waals surface area contributed by atoms with Crippen molar-refractivity contribution in [3.05, 3.63) is 83.1 Å². The molecular weight excluding hydrogens is 647 g/mol. The maximum atomic E-state index is 16.2. The first kappa shape index (κ1) is 33.0. The molecule has 0 bridgehead atoms. The van der Waals surface area contributed by atoms with Gasteiger partial charge in [0.1, 0.15) is 35.4 Å². The zero-order chi connectivity index (χ0) is 34.6. The standard InChI is InChI=1S/C37H38F2N6O3S/c1-7-32(46)44-18-21(3)45-30(22(44)4)16-29(42-45)36-33(34-27(39)14-25(38)15-31(34)48-10-9-47-6)26-8-11-49-37(26)35(41-36)23-13-24-19-43(5)20(2)12-28(24)40-17-23/h7-8,11,13-17,20-22H,1,9-10,12,18-19H2,2-6H3/t20-,21-,22+/m0/s1. The topological polar surface area (TPSA) is 85.6 Å². The molecule has 0 radical (unpaired) electrons. The van der Waals surface area contributed by atoms with E-state index in [-0.39, 0.29) is 42.5 Å². The van der Waals surface area contributed by atoms with Crippen molar-refractivity contribution in [2.24, 2.45) is 0 Å². The van der Waals surface area contributed by atoms with E-state index < -0.39 is 11.6 Å². The molecule has 254 valence electrons. The third-order valence-electron chi connectivity index (χ3n) is 9.66. The molecule has 0 N–H and O–H groups in total. The minimum absolute atomic E-state index is 0.0407. The SMILES string of the molecule is C=CC(=O)N1C[C@H](C)n2nc(-c3nc(-c4cnc5c(c4)CN(C)[C@@H](C)C5)c4sccc4c3-c3c(F)cc(F)cc3OCCOC)cc2[C@H]1C. The molecule has 6 heterocycles. The predicted molar refractivity (Wildman–Crippen MR) is 186 cm³/mol. The highest BCUT2D eigenvalue weighted by atomic mass is 32.1. The Hall–Kier alpha value is -4.52. The molecule has 5 aromatic rings. The highest BCUT2D eigenvalue weighted by Gasteiger charge is 2.34. The maximum absolute atomic E-state index is 16.2. The molecule has 3 atom stereocenters. The number of likely N-dealkylation sites (N-methyl/N-ethyl adjacent to an activating group) is 1. The highest BCUT2D eigenvalue weighted by Crippen LogP contribution is 2.47. The number of hydrogen-bond acceptors (Lipinski definition) is 8. The van der Waals surface area contributed by atoms with E-state index in [0.29, 0.717) is 35.2 Å². The molecule has 49 heavy (non-hydrogen) atoms. The van der Waals surface area contributed by atoms with E-state index in [1.165, 1.54) is 30.6 Å². The Morgan fingerprint density at radius 1 is 1.10 bits per heavy atom. The summed E-state index contributed by atoms with van der Waals surface area (Å²) in [4.78, 5) is 27.0. The number of carbonyl (C=O) groups excluding carboxylic acids is 1. The van der Waals surface area contributed by atoms with Crippen molar-refractivity contribution in [2.45, 2.75) is 51.9 Å². The summed E-state index contributed by atoms with van der Waals surface area (Å²) < 4.78 is 44.8. The number of nitrogens with zero attached hydrogens (tertiary/aromatic N) is 6. The third-order valence-corrected chi connectivity index (χ3v) is 10.6. The van der Waals surface area contributed by atoms with E-state index in [9.17, 15) is 9.18 Å². The number of amides is 1. The van der Waals surface area contributed by atoms with Gasteiger partial charge >= 0.3 is 0 Å². The number of fused-ring (bicyclic) bond motifs is 3. The fraction of sp³-hybridized carbons (Fsp3) is 0.351. The van der Waals surface area contributed by atoms with Crippen LogP contribution in [-0.4, -0.2) is 75.4 Å². The van der Waals surface area contributed by atoms with Gasteiger partial charge in [-0.05, 0) is 63.0 Å². The van der Waals surface area contributed by atoms with Crippen molar-refractivity contribution in [2.75, 3.05) is 33.9 Å². The first-order valence-corrected chi connectivity index (χ1v) is 17.2. The van der Waals surface area contributed by atoms with Crippen molar-refractivity contribution >= 4 is 27.3 Å². The number of benzene rings is 1. The van der Waals surface area contributed by atoms with E-state index in [2.05, 4.69) is 31.5 Å². The largest absolute Gasteiger partial charge is 0.490 e. The Labute approximate surface area is 287 Å². The van der Waals surface area contributed by atoms with Gasteiger partial charge in [-0.1, -0.05) is 6.58 Å². The number of methoxy groups -OCH3 is 1. The van der Waals surface area contributed by atoms with Crippen molar-refractivity contribution in [1.82, 2.24) is 29.5 Å². The van der Waals surface area contributed by atoms with Crippen LogP contribution >= 0.6 is 11.3 Å². The van der Waals surface area contributed by atoms with Gasteiger partial charge in [0, 0.05) is 73.2 Å². The van der Waals surface area contributed by atoms with Crippen LogP contribution in [0.3, 0.4) is 0 Å². The van der Waals surface area contributed by atoms with Gasteiger partial charge in [0.25, 0.3) is 0 Å². The lowest BCUT2D eigenvalue weighted by atomic mass is 9.94. The zero-order valence-electron chi connectivity index (χ0n) is 28.2. The number of pyridine rings is 2. The van der Waals surface area contributed by atoms with E-state index in [1.807, 2.05) is 42.2 Å². The lowest BCUT2D eigenvalue weighted by Gasteiger charge is -2.36. The molecule has 0 saturated heterocycles. The molecule has 0 saturated carbocycles. The first-order valence-electron chi connectivity index (χ1n) is 16.3.